The van der Waals surface area contributed by atoms with Crippen molar-refractivity contribution in [2.75, 3.05) is 26.2 Å². The molecule has 1 saturated heterocycles. The molecule has 2 heteroatoms. The Morgan fingerprint density at radius 1 is 1.36 bits per heavy atom. The molecule has 11 heavy (non-hydrogen) atoms. The first-order chi connectivity index (χ1) is 5.22. The van der Waals surface area contributed by atoms with Crippen LogP contribution in [-0.2, 0) is 4.79 Å². The summed E-state index contributed by atoms with van der Waals surface area (Å²) in [6.07, 6.45) is 1.92. The molecule has 0 unspecified atom stereocenters. The number of quaternary nitrogens is 1. The molecule has 1 aliphatic heterocycles. The van der Waals surface area contributed by atoms with E-state index in [1.54, 1.807) is 0 Å². The lowest BCUT2D eigenvalue weighted by atomic mass is 10.1. The van der Waals surface area contributed by atoms with Crippen LogP contribution in [-0.4, -0.2) is 36.4 Å². The number of carbonyl (C=O) groups is 1. The predicted octanol–water partition coefficient (Wildman–Crippen LogP) is 1.21. The van der Waals surface area contributed by atoms with Gasteiger partial charge in [-0.3, -0.25) is 4.79 Å². The third-order valence-electron chi connectivity index (χ3n) is 2.94. The number of piperidine rings is 1. The van der Waals surface area contributed by atoms with E-state index in [0.717, 1.165) is 37.0 Å². The summed E-state index contributed by atoms with van der Waals surface area (Å²) in [5.41, 5.74) is 0. The van der Waals surface area contributed by atoms with Gasteiger partial charge in [-0.1, -0.05) is 0 Å². The third kappa shape index (κ3) is 1.80. The maximum atomic E-state index is 11.2. The summed E-state index contributed by atoms with van der Waals surface area (Å²) in [5, 5.41) is 0. The number of likely N-dealkylation sites (tertiary alicyclic amines) is 1. The lowest BCUT2D eigenvalue weighted by Gasteiger charge is -2.38. The van der Waals surface area contributed by atoms with Crippen LogP contribution < -0.4 is 0 Å². The Morgan fingerprint density at radius 2 is 2.00 bits per heavy atom. The van der Waals surface area contributed by atoms with Crippen molar-refractivity contribution in [3.63, 3.8) is 0 Å². The number of hydrogen-bond donors (Lipinski definition) is 0. The van der Waals surface area contributed by atoms with Gasteiger partial charge in [-0.2, -0.15) is 0 Å². The van der Waals surface area contributed by atoms with Gasteiger partial charge in [-0.25, -0.2) is 0 Å². The van der Waals surface area contributed by atoms with Gasteiger partial charge in [0.1, 0.15) is 6.54 Å². The van der Waals surface area contributed by atoms with Crippen molar-refractivity contribution in [3.8, 4) is 0 Å². The van der Waals surface area contributed by atoms with Crippen LogP contribution in [0.3, 0.4) is 0 Å². The summed E-state index contributed by atoms with van der Waals surface area (Å²) in [4.78, 5) is 11.2. The minimum atomic E-state index is 0.458. The highest BCUT2D eigenvalue weighted by Crippen LogP contribution is 2.15. The van der Waals surface area contributed by atoms with Crippen LogP contribution in [0.1, 0.15) is 26.7 Å². The van der Waals surface area contributed by atoms with Gasteiger partial charge in [0.2, 0.25) is 0 Å². The first kappa shape index (κ1) is 8.72. The maximum absolute atomic E-state index is 11.2. The number of ketones is 1. The van der Waals surface area contributed by atoms with Gasteiger partial charge in [0.15, 0.2) is 5.78 Å². The molecular formula is C9H18NO+. The number of rotatable bonds is 2. The van der Waals surface area contributed by atoms with E-state index in [9.17, 15) is 4.79 Å². The van der Waals surface area contributed by atoms with E-state index in [1.807, 2.05) is 0 Å². The quantitative estimate of drug-likeness (QED) is 0.549. The number of carbonyl (C=O) groups excluding carboxylic acids is 1. The monoisotopic (exact) mass is 156 g/mol. The zero-order valence-electron chi connectivity index (χ0n) is 7.60. The van der Waals surface area contributed by atoms with Gasteiger partial charge in [0, 0.05) is 12.8 Å². The molecule has 0 spiro atoms. The molecule has 0 radical (unpaired) electrons. The van der Waals surface area contributed by atoms with Crippen LogP contribution in [0.4, 0.5) is 0 Å². The Hall–Kier alpha value is -0.370. The highest BCUT2D eigenvalue weighted by atomic mass is 16.1. The molecule has 0 atom stereocenters. The van der Waals surface area contributed by atoms with Gasteiger partial charge in [0.05, 0.1) is 19.6 Å². The minimum Gasteiger partial charge on any atom is -0.318 e. The van der Waals surface area contributed by atoms with Gasteiger partial charge in [-0.05, 0) is 13.8 Å². The third-order valence-corrected chi connectivity index (χ3v) is 2.94. The highest BCUT2D eigenvalue weighted by molar-refractivity contribution is 5.79. The molecule has 0 aliphatic carbocycles. The van der Waals surface area contributed by atoms with Crippen molar-refractivity contribution in [2.24, 2.45) is 0 Å². The smallest absolute Gasteiger partial charge is 0.187 e. The molecule has 2 nitrogen and oxygen atoms in total. The summed E-state index contributed by atoms with van der Waals surface area (Å²) in [6, 6.07) is 0. The van der Waals surface area contributed by atoms with Gasteiger partial charge in [0.25, 0.3) is 0 Å². The fourth-order valence-electron chi connectivity index (χ4n) is 1.91. The van der Waals surface area contributed by atoms with Crippen molar-refractivity contribution in [1.82, 2.24) is 0 Å². The fourth-order valence-corrected chi connectivity index (χ4v) is 1.91. The predicted molar refractivity (Wildman–Crippen MR) is 45.3 cm³/mol. The second-order valence-corrected chi connectivity index (χ2v) is 3.50. The summed E-state index contributed by atoms with van der Waals surface area (Å²) < 4.78 is 1.03. The highest BCUT2D eigenvalue weighted by Gasteiger charge is 2.30. The minimum absolute atomic E-state index is 0.458. The lowest BCUT2D eigenvalue weighted by molar-refractivity contribution is -0.919. The normalized spacial score (nSPS) is 23.6. The molecule has 0 aromatic heterocycles. The second-order valence-electron chi connectivity index (χ2n) is 3.50. The number of hydrogen-bond acceptors (Lipinski definition) is 1. The summed E-state index contributed by atoms with van der Waals surface area (Å²) in [6.45, 7) is 8.58. The van der Waals surface area contributed by atoms with Crippen molar-refractivity contribution < 1.29 is 9.28 Å². The van der Waals surface area contributed by atoms with Crippen LogP contribution in [0, 0.1) is 0 Å². The van der Waals surface area contributed by atoms with E-state index in [0.29, 0.717) is 5.78 Å². The average molecular weight is 156 g/mol. The van der Waals surface area contributed by atoms with E-state index in [2.05, 4.69) is 13.8 Å². The van der Waals surface area contributed by atoms with Crippen molar-refractivity contribution in [2.45, 2.75) is 26.7 Å². The van der Waals surface area contributed by atoms with Crippen LogP contribution in [0.15, 0.2) is 0 Å². The molecule has 1 fully saturated rings. The van der Waals surface area contributed by atoms with Crippen molar-refractivity contribution in [3.05, 3.63) is 0 Å². The van der Waals surface area contributed by atoms with E-state index in [-0.39, 0.29) is 0 Å². The summed E-state index contributed by atoms with van der Waals surface area (Å²) in [7, 11) is 0. The molecular weight excluding hydrogens is 138 g/mol. The molecule has 1 heterocycles. The second kappa shape index (κ2) is 3.35. The van der Waals surface area contributed by atoms with Crippen molar-refractivity contribution >= 4 is 5.78 Å². The Morgan fingerprint density at radius 3 is 2.36 bits per heavy atom. The van der Waals surface area contributed by atoms with E-state index in [4.69, 9.17) is 0 Å². The Balaban J connectivity index is 2.59. The molecule has 64 valence electrons. The molecule has 0 bridgehead atoms. The summed E-state index contributed by atoms with van der Waals surface area (Å²) >= 11 is 0. The molecule has 1 rings (SSSR count). The SMILES string of the molecule is CC[N+]1(CC)CCCC(=O)C1. The van der Waals surface area contributed by atoms with Gasteiger partial charge < -0.3 is 4.48 Å². The number of likely N-dealkylation sites (N-methyl/N-ethyl adjacent to an activating group) is 1. The Bertz CT molecular complexity index is 150. The van der Waals surface area contributed by atoms with Crippen LogP contribution in [0.25, 0.3) is 0 Å². The van der Waals surface area contributed by atoms with Crippen LogP contribution in [0.2, 0.25) is 0 Å². The van der Waals surface area contributed by atoms with Crippen LogP contribution in [0.5, 0.6) is 0 Å². The average Bonchev–Trinajstić information content (AvgIpc) is 2.04. The molecule has 0 aromatic carbocycles. The molecule has 0 saturated carbocycles. The molecule has 0 aromatic rings. The number of Topliss-reactive ketones (excluding diaryl/α,β-unsaturated/α-hetero) is 1. The first-order valence-electron chi connectivity index (χ1n) is 4.59. The largest absolute Gasteiger partial charge is 0.318 e. The maximum Gasteiger partial charge on any atom is 0.187 e. The zero-order valence-corrected chi connectivity index (χ0v) is 7.60. The van der Waals surface area contributed by atoms with E-state index in [1.165, 1.54) is 6.54 Å². The standard InChI is InChI=1S/C9H18NO/c1-3-10(4-2)7-5-6-9(11)8-10/h3-8H2,1-2H3/q+1. The van der Waals surface area contributed by atoms with Gasteiger partial charge >= 0.3 is 0 Å². The fraction of sp³-hybridized carbons (Fsp3) is 0.889. The Kier molecular flexibility index (Phi) is 2.66. The van der Waals surface area contributed by atoms with Gasteiger partial charge in [-0.15, -0.1) is 0 Å². The molecule has 0 amide bonds. The van der Waals surface area contributed by atoms with E-state index >= 15 is 0 Å². The number of nitrogens with zero attached hydrogens (tertiary/aromatic N) is 1. The molecule has 1 aliphatic rings. The molecule has 0 N–H and O–H groups in total. The first-order valence-corrected chi connectivity index (χ1v) is 4.59. The topological polar surface area (TPSA) is 17.1 Å². The summed E-state index contributed by atoms with van der Waals surface area (Å²) in [5.74, 6) is 0.458. The van der Waals surface area contributed by atoms with E-state index < -0.39 is 0 Å². The van der Waals surface area contributed by atoms with Crippen molar-refractivity contribution in [1.29, 1.82) is 0 Å². The lowest BCUT2D eigenvalue weighted by Crippen LogP contribution is -2.54. The Labute approximate surface area is 68.8 Å². The van der Waals surface area contributed by atoms with Crippen LogP contribution >= 0.6 is 0 Å². The zero-order chi connectivity index (χ0) is 8.32.